The predicted molar refractivity (Wildman–Crippen MR) is 106 cm³/mol. The Balaban J connectivity index is 2.03. The van der Waals surface area contributed by atoms with Crippen LogP contribution in [0.1, 0.15) is 68.7 Å². The monoisotopic (exact) mass is 392 g/mol. The molecule has 0 N–H and O–H groups in total. The summed E-state index contributed by atoms with van der Waals surface area (Å²) in [4.78, 5) is 19.2. The average molecular weight is 393 g/mol. The first kappa shape index (κ1) is 19.2. The van der Waals surface area contributed by atoms with Crippen LogP contribution in [0.4, 0.5) is 0 Å². The molecule has 0 radical (unpaired) electrons. The van der Waals surface area contributed by atoms with E-state index in [4.69, 9.17) is 16.3 Å². The van der Waals surface area contributed by atoms with Gasteiger partial charge in [0.15, 0.2) is 4.80 Å². The number of thiazole rings is 1. The van der Waals surface area contributed by atoms with E-state index in [1.807, 2.05) is 0 Å². The van der Waals surface area contributed by atoms with Crippen molar-refractivity contribution in [3.63, 3.8) is 0 Å². The lowest BCUT2D eigenvalue weighted by Crippen LogP contribution is -2.18. The van der Waals surface area contributed by atoms with Crippen LogP contribution in [0.15, 0.2) is 29.4 Å². The highest BCUT2D eigenvalue weighted by Crippen LogP contribution is 2.31. The molecule has 0 atom stereocenters. The quantitative estimate of drug-likeness (QED) is 0.702. The van der Waals surface area contributed by atoms with Crippen molar-refractivity contribution in [3.05, 3.63) is 44.7 Å². The minimum absolute atomic E-state index is 0.00836. The maximum Gasteiger partial charge on any atom is 0.283 e. The second-order valence-electron chi connectivity index (χ2n) is 8.00. The summed E-state index contributed by atoms with van der Waals surface area (Å²) in [5, 5.41) is 0.505. The van der Waals surface area contributed by atoms with Gasteiger partial charge in [-0.25, -0.2) is 0 Å². The Hall–Kier alpha value is -1.59. The number of amides is 1. The molecule has 1 aliphatic carbocycles. The fraction of sp³-hybridized carbons (Fsp3) is 0.500. The standard InChI is InChI=1S/C20H25ClN2O2S/c1-12(2)23-11-17(20(3,4)5)26-19(23)22-18(24)15-10-13(21)6-9-16(15)25-14-7-8-14/h6,9-12,14H,7-8H2,1-5H3/b22-19-. The van der Waals surface area contributed by atoms with Crippen molar-refractivity contribution in [2.75, 3.05) is 0 Å². The normalized spacial score (nSPS) is 15.6. The van der Waals surface area contributed by atoms with E-state index in [9.17, 15) is 4.79 Å². The van der Waals surface area contributed by atoms with Gasteiger partial charge in [0.2, 0.25) is 0 Å². The molecular formula is C20H25ClN2O2S. The summed E-state index contributed by atoms with van der Waals surface area (Å²) in [7, 11) is 0. The number of hydrogen-bond acceptors (Lipinski definition) is 3. The Morgan fingerprint density at radius 3 is 2.62 bits per heavy atom. The van der Waals surface area contributed by atoms with Crippen LogP contribution in [-0.2, 0) is 5.41 Å². The van der Waals surface area contributed by atoms with Crippen molar-refractivity contribution < 1.29 is 9.53 Å². The molecule has 1 amide bonds. The first-order valence-electron chi connectivity index (χ1n) is 8.93. The van der Waals surface area contributed by atoms with Gasteiger partial charge in [0.05, 0.1) is 11.7 Å². The zero-order valence-electron chi connectivity index (χ0n) is 15.9. The lowest BCUT2D eigenvalue weighted by atomic mass is 9.95. The van der Waals surface area contributed by atoms with Crippen LogP contribution < -0.4 is 9.54 Å². The zero-order chi connectivity index (χ0) is 19.1. The van der Waals surface area contributed by atoms with Crippen LogP contribution in [-0.4, -0.2) is 16.6 Å². The second-order valence-corrected chi connectivity index (χ2v) is 9.45. The molecule has 1 aromatic carbocycles. The molecule has 0 saturated heterocycles. The van der Waals surface area contributed by atoms with Crippen LogP contribution >= 0.6 is 22.9 Å². The molecule has 1 aromatic heterocycles. The van der Waals surface area contributed by atoms with E-state index in [0.717, 1.165) is 12.8 Å². The van der Waals surface area contributed by atoms with Gasteiger partial charge in [-0.15, -0.1) is 11.3 Å². The third-order valence-corrected chi connectivity index (χ3v) is 5.82. The molecule has 0 spiro atoms. The van der Waals surface area contributed by atoms with E-state index in [1.54, 1.807) is 29.5 Å². The number of aromatic nitrogens is 1. The Kier molecular flexibility index (Phi) is 5.31. The first-order valence-corrected chi connectivity index (χ1v) is 10.1. The molecule has 1 saturated carbocycles. The summed E-state index contributed by atoms with van der Waals surface area (Å²) in [6, 6.07) is 5.36. The van der Waals surface area contributed by atoms with Gasteiger partial charge in [-0.2, -0.15) is 4.99 Å². The maximum absolute atomic E-state index is 12.9. The van der Waals surface area contributed by atoms with Crippen molar-refractivity contribution in [1.29, 1.82) is 0 Å². The molecule has 1 aliphatic rings. The number of halogens is 1. The molecule has 0 bridgehead atoms. The van der Waals surface area contributed by atoms with Crippen molar-refractivity contribution >= 4 is 28.8 Å². The van der Waals surface area contributed by atoms with Crippen molar-refractivity contribution in [2.45, 2.75) is 65.0 Å². The van der Waals surface area contributed by atoms with Crippen molar-refractivity contribution in [3.8, 4) is 5.75 Å². The van der Waals surface area contributed by atoms with Crippen LogP contribution in [0.5, 0.6) is 5.75 Å². The molecule has 1 heterocycles. The van der Waals surface area contributed by atoms with Crippen LogP contribution in [0.25, 0.3) is 0 Å². The number of carbonyl (C=O) groups excluding carboxylic acids is 1. The van der Waals surface area contributed by atoms with Gasteiger partial charge in [0, 0.05) is 22.1 Å². The second kappa shape index (κ2) is 7.20. The summed E-state index contributed by atoms with van der Waals surface area (Å²) in [6.07, 6.45) is 4.36. The number of rotatable bonds is 4. The topological polar surface area (TPSA) is 43.6 Å². The largest absolute Gasteiger partial charge is 0.490 e. The van der Waals surface area contributed by atoms with E-state index in [2.05, 4.69) is 50.4 Å². The molecule has 26 heavy (non-hydrogen) atoms. The van der Waals surface area contributed by atoms with Gasteiger partial charge in [-0.3, -0.25) is 4.79 Å². The highest BCUT2D eigenvalue weighted by Gasteiger charge is 2.26. The van der Waals surface area contributed by atoms with Crippen LogP contribution in [0.3, 0.4) is 0 Å². The number of hydrogen-bond donors (Lipinski definition) is 0. The molecule has 0 aliphatic heterocycles. The molecule has 140 valence electrons. The van der Waals surface area contributed by atoms with Crippen molar-refractivity contribution in [2.24, 2.45) is 4.99 Å². The Morgan fingerprint density at radius 1 is 1.35 bits per heavy atom. The Labute approximate surface area is 163 Å². The molecular weight excluding hydrogens is 368 g/mol. The summed E-state index contributed by atoms with van der Waals surface area (Å²) in [5.41, 5.74) is 0.430. The average Bonchev–Trinajstić information content (AvgIpc) is 3.24. The van der Waals surface area contributed by atoms with E-state index in [0.29, 0.717) is 21.1 Å². The smallest absolute Gasteiger partial charge is 0.283 e. The number of nitrogens with zero attached hydrogens (tertiary/aromatic N) is 2. The van der Waals surface area contributed by atoms with Gasteiger partial charge in [0.1, 0.15) is 5.75 Å². The maximum atomic E-state index is 12.9. The van der Waals surface area contributed by atoms with Gasteiger partial charge in [-0.05, 0) is 50.3 Å². The summed E-state index contributed by atoms with van der Waals surface area (Å²) in [5.74, 6) is 0.245. The minimum Gasteiger partial charge on any atom is -0.490 e. The summed E-state index contributed by atoms with van der Waals surface area (Å²) >= 11 is 7.67. The van der Waals surface area contributed by atoms with E-state index >= 15 is 0 Å². The third kappa shape index (κ3) is 4.38. The molecule has 3 rings (SSSR count). The predicted octanol–water partition coefficient (Wildman–Crippen LogP) is 5.36. The van der Waals surface area contributed by atoms with Crippen molar-refractivity contribution in [1.82, 2.24) is 4.57 Å². The molecule has 6 heteroatoms. The fourth-order valence-corrected chi connectivity index (χ4v) is 3.78. The summed E-state index contributed by atoms with van der Waals surface area (Å²) in [6.45, 7) is 10.7. The molecule has 2 aromatic rings. The number of carbonyl (C=O) groups is 1. The van der Waals surface area contributed by atoms with E-state index < -0.39 is 0 Å². The number of benzene rings is 1. The molecule has 4 nitrogen and oxygen atoms in total. The van der Waals surface area contributed by atoms with Gasteiger partial charge in [0.25, 0.3) is 5.91 Å². The van der Waals surface area contributed by atoms with Crippen LogP contribution in [0.2, 0.25) is 5.02 Å². The molecule has 1 fully saturated rings. The zero-order valence-corrected chi connectivity index (χ0v) is 17.4. The number of ether oxygens (including phenoxy) is 1. The third-order valence-electron chi connectivity index (χ3n) is 4.16. The van der Waals surface area contributed by atoms with Gasteiger partial charge in [-0.1, -0.05) is 32.4 Å². The lowest BCUT2D eigenvalue weighted by Gasteiger charge is -2.15. The minimum atomic E-state index is -0.320. The molecule has 0 unspecified atom stereocenters. The Morgan fingerprint density at radius 2 is 2.04 bits per heavy atom. The highest BCUT2D eigenvalue weighted by molar-refractivity contribution is 7.09. The lowest BCUT2D eigenvalue weighted by molar-refractivity contribution is 0.0993. The first-order chi connectivity index (χ1) is 12.1. The summed E-state index contributed by atoms with van der Waals surface area (Å²) < 4.78 is 7.92. The Bertz CT molecular complexity index is 886. The SMILES string of the molecule is CC(C)n1cc(C(C)(C)C)s/c1=N\C(=O)c1cc(Cl)ccc1OC1CC1. The van der Waals surface area contributed by atoms with E-state index in [-0.39, 0.29) is 23.5 Å². The van der Waals surface area contributed by atoms with Gasteiger partial charge < -0.3 is 9.30 Å². The van der Waals surface area contributed by atoms with E-state index in [1.165, 1.54) is 4.88 Å². The van der Waals surface area contributed by atoms with Gasteiger partial charge >= 0.3 is 0 Å². The fourth-order valence-electron chi connectivity index (χ4n) is 2.44. The van der Waals surface area contributed by atoms with Crippen LogP contribution in [0, 0.1) is 0 Å². The highest BCUT2D eigenvalue weighted by atomic mass is 35.5.